The molecule has 3 aromatic rings. The molecule has 0 saturated heterocycles. The van der Waals surface area contributed by atoms with Crippen molar-refractivity contribution in [2.45, 2.75) is 18.9 Å². The molecule has 4 nitrogen and oxygen atoms in total. The van der Waals surface area contributed by atoms with Gasteiger partial charge < -0.3 is 10.2 Å². The molecule has 124 valence electrons. The topological polar surface area (TPSA) is 41.1 Å². The van der Waals surface area contributed by atoms with Gasteiger partial charge in [-0.2, -0.15) is 0 Å². The minimum Gasteiger partial charge on any atom is -0.369 e. The summed E-state index contributed by atoms with van der Waals surface area (Å²) in [4.78, 5) is 11.1. The molecule has 5 rings (SSSR count). The number of anilines is 3. The van der Waals surface area contributed by atoms with Gasteiger partial charge in [-0.25, -0.2) is 9.97 Å². The summed E-state index contributed by atoms with van der Waals surface area (Å²) in [7, 11) is 0. The van der Waals surface area contributed by atoms with Crippen LogP contribution < -0.4 is 10.2 Å². The van der Waals surface area contributed by atoms with Crippen molar-refractivity contribution < 1.29 is 0 Å². The zero-order valence-corrected chi connectivity index (χ0v) is 14.4. The Morgan fingerprint density at radius 3 is 2.80 bits per heavy atom. The fraction of sp³-hybridized carbons (Fsp3) is 0.200. The van der Waals surface area contributed by atoms with E-state index in [1.807, 2.05) is 6.07 Å². The van der Waals surface area contributed by atoms with Crippen LogP contribution in [0.15, 0.2) is 54.9 Å². The predicted octanol–water partition coefficient (Wildman–Crippen LogP) is 4.73. The number of halogens is 1. The summed E-state index contributed by atoms with van der Waals surface area (Å²) in [6.07, 6.45) is 3.74. The number of benzene rings is 2. The van der Waals surface area contributed by atoms with Crippen molar-refractivity contribution in [1.29, 1.82) is 0 Å². The zero-order chi connectivity index (χ0) is 16.8. The number of hydrogen-bond donors (Lipinski definition) is 1. The lowest BCUT2D eigenvalue weighted by molar-refractivity contribution is 0.755. The van der Waals surface area contributed by atoms with Crippen LogP contribution in [0.2, 0.25) is 5.15 Å². The van der Waals surface area contributed by atoms with Crippen LogP contribution in [0.5, 0.6) is 0 Å². The Balaban J connectivity index is 1.81. The van der Waals surface area contributed by atoms with Crippen molar-refractivity contribution in [3.8, 4) is 0 Å². The van der Waals surface area contributed by atoms with E-state index in [4.69, 9.17) is 11.6 Å². The van der Waals surface area contributed by atoms with Crippen LogP contribution in [0.1, 0.15) is 29.2 Å². The minimum atomic E-state index is 0.0153. The number of para-hydroxylation sites is 1. The van der Waals surface area contributed by atoms with E-state index in [0.717, 1.165) is 30.9 Å². The van der Waals surface area contributed by atoms with Crippen LogP contribution in [0.25, 0.3) is 0 Å². The quantitative estimate of drug-likeness (QED) is 0.645. The average molecular weight is 349 g/mol. The highest BCUT2D eigenvalue weighted by atomic mass is 35.5. The minimum absolute atomic E-state index is 0.0153. The molecular weight excluding hydrogens is 332 g/mol. The molecule has 5 heteroatoms. The third-order valence-electron chi connectivity index (χ3n) is 5.02. The molecule has 2 aliphatic heterocycles. The molecule has 0 bridgehead atoms. The second-order valence-corrected chi connectivity index (χ2v) is 6.82. The first-order valence-electron chi connectivity index (χ1n) is 8.54. The van der Waals surface area contributed by atoms with Crippen molar-refractivity contribution in [3.05, 3.63) is 76.7 Å². The summed E-state index contributed by atoms with van der Waals surface area (Å²) < 4.78 is 0. The molecule has 0 saturated carbocycles. The second-order valence-electron chi connectivity index (χ2n) is 6.46. The van der Waals surface area contributed by atoms with Crippen LogP contribution in [-0.4, -0.2) is 16.5 Å². The van der Waals surface area contributed by atoms with E-state index in [0.29, 0.717) is 5.15 Å². The Kier molecular flexibility index (Phi) is 3.38. The molecule has 25 heavy (non-hydrogen) atoms. The van der Waals surface area contributed by atoms with Gasteiger partial charge in [0.2, 0.25) is 0 Å². The molecule has 0 radical (unpaired) electrons. The van der Waals surface area contributed by atoms with Gasteiger partial charge in [-0.05, 0) is 24.0 Å². The molecule has 1 N–H and O–H groups in total. The number of fused-ring (bicyclic) bond motifs is 2. The Labute approximate surface area is 151 Å². The number of nitrogens with zero attached hydrogens (tertiary/aromatic N) is 3. The third-order valence-corrected chi connectivity index (χ3v) is 5.30. The number of aryl methyl sites for hydroxylation is 1. The zero-order valence-electron chi connectivity index (χ0n) is 13.6. The van der Waals surface area contributed by atoms with Gasteiger partial charge in [-0.3, -0.25) is 0 Å². The fourth-order valence-electron chi connectivity index (χ4n) is 3.94. The molecular formula is C20H17ClN4. The molecule has 0 aliphatic carbocycles. The molecule has 1 unspecified atom stereocenters. The van der Waals surface area contributed by atoms with Crippen LogP contribution in [0, 0.1) is 0 Å². The van der Waals surface area contributed by atoms with E-state index in [-0.39, 0.29) is 6.04 Å². The van der Waals surface area contributed by atoms with E-state index in [9.17, 15) is 0 Å². The Hall–Kier alpha value is -2.59. The van der Waals surface area contributed by atoms with Gasteiger partial charge in [0.15, 0.2) is 11.0 Å². The summed E-state index contributed by atoms with van der Waals surface area (Å²) >= 11 is 6.45. The van der Waals surface area contributed by atoms with Gasteiger partial charge in [0.25, 0.3) is 0 Å². The highest BCUT2D eigenvalue weighted by molar-refractivity contribution is 6.32. The predicted molar refractivity (Wildman–Crippen MR) is 101 cm³/mol. The number of rotatable bonds is 1. The van der Waals surface area contributed by atoms with Crippen LogP contribution in [-0.2, 0) is 6.42 Å². The van der Waals surface area contributed by atoms with Gasteiger partial charge in [0, 0.05) is 12.1 Å². The van der Waals surface area contributed by atoms with Crippen LogP contribution >= 0.6 is 11.6 Å². The van der Waals surface area contributed by atoms with Gasteiger partial charge in [0.1, 0.15) is 12.0 Å². The van der Waals surface area contributed by atoms with Gasteiger partial charge in [-0.15, -0.1) is 0 Å². The lowest BCUT2D eigenvalue weighted by Crippen LogP contribution is -2.26. The van der Waals surface area contributed by atoms with Crippen molar-refractivity contribution >= 4 is 28.8 Å². The van der Waals surface area contributed by atoms with Crippen LogP contribution in [0.4, 0.5) is 17.2 Å². The molecule has 2 aromatic carbocycles. The summed E-state index contributed by atoms with van der Waals surface area (Å²) in [5.74, 6) is 0.867. The summed E-state index contributed by atoms with van der Waals surface area (Å²) in [6, 6.07) is 17.1. The van der Waals surface area contributed by atoms with Crippen molar-refractivity contribution in [3.63, 3.8) is 0 Å². The van der Waals surface area contributed by atoms with Gasteiger partial charge in [0.05, 0.1) is 11.7 Å². The highest BCUT2D eigenvalue weighted by Gasteiger charge is 2.33. The SMILES string of the molecule is Clc1ncnc2c1NC(c1ccccc1)c1cccc3c1N2CCC3. The number of nitrogens with one attached hydrogen (secondary N) is 1. The molecule has 0 amide bonds. The average Bonchev–Trinajstić information content (AvgIpc) is 2.81. The van der Waals surface area contributed by atoms with E-state index in [1.165, 1.54) is 22.4 Å². The molecule has 0 fully saturated rings. The van der Waals surface area contributed by atoms with Crippen molar-refractivity contribution in [1.82, 2.24) is 9.97 Å². The maximum Gasteiger partial charge on any atom is 0.161 e. The third kappa shape index (κ3) is 2.29. The summed E-state index contributed by atoms with van der Waals surface area (Å²) in [5.41, 5.74) is 5.91. The standard InChI is InChI=1S/C20H17ClN4/c21-19-17-20(23-12-22-19)25-11-5-9-14-8-4-10-15(18(14)25)16(24-17)13-6-2-1-3-7-13/h1-4,6-8,10,12,16,24H,5,9,11H2. The highest BCUT2D eigenvalue weighted by Crippen LogP contribution is 2.47. The van der Waals surface area contributed by atoms with E-state index >= 15 is 0 Å². The molecule has 2 aliphatic rings. The first-order chi connectivity index (χ1) is 12.3. The summed E-state index contributed by atoms with van der Waals surface area (Å²) in [6.45, 7) is 0.938. The second kappa shape index (κ2) is 5.74. The van der Waals surface area contributed by atoms with Gasteiger partial charge >= 0.3 is 0 Å². The van der Waals surface area contributed by atoms with Crippen molar-refractivity contribution in [2.24, 2.45) is 0 Å². The number of hydrogen-bond acceptors (Lipinski definition) is 4. The van der Waals surface area contributed by atoms with E-state index in [1.54, 1.807) is 6.33 Å². The summed E-state index contributed by atoms with van der Waals surface area (Å²) in [5, 5.41) is 4.08. The maximum atomic E-state index is 6.45. The Morgan fingerprint density at radius 1 is 1.04 bits per heavy atom. The molecule has 3 heterocycles. The van der Waals surface area contributed by atoms with Gasteiger partial charge in [-0.1, -0.05) is 60.1 Å². The molecule has 0 spiro atoms. The molecule has 1 atom stereocenters. The van der Waals surface area contributed by atoms with Crippen molar-refractivity contribution in [2.75, 3.05) is 16.8 Å². The first kappa shape index (κ1) is 14.7. The fourth-order valence-corrected chi connectivity index (χ4v) is 4.12. The first-order valence-corrected chi connectivity index (χ1v) is 8.92. The number of aromatic nitrogens is 2. The van der Waals surface area contributed by atoms with Crippen LogP contribution in [0.3, 0.4) is 0 Å². The normalized spacial score (nSPS) is 18.0. The smallest absolute Gasteiger partial charge is 0.161 e. The Morgan fingerprint density at radius 2 is 1.92 bits per heavy atom. The van der Waals surface area contributed by atoms with E-state index < -0.39 is 0 Å². The lowest BCUT2D eigenvalue weighted by Gasteiger charge is -2.32. The maximum absolute atomic E-state index is 6.45. The Bertz CT molecular complexity index is 942. The largest absolute Gasteiger partial charge is 0.369 e. The lowest BCUT2D eigenvalue weighted by atomic mass is 9.91. The monoisotopic (exact) mass is 348 g/mol. The molecule has 1 aromatic heterocycles. The van der Waals surface area contributed by atoms with E-state index in [2.05, 4.69) is 62.6 Å².